The van der Waals surface area contributed by atoms with Crippen LogP contribution < -0.4 is 0 Å². The first-order valence-corrected chi connectivity index (χ1v) is 9.62. The highest BCUT2D eigenvalue weighted by Gasteiger charge is 2.17. The number of aromatic nitrogens is 5. The summed E-state index contributed by atoms with van der Waals surface area (Å²) in [6.45, 7) is 7.07. The Bertz CT molecular complexity index is 1180. The van der Waals surface area contributed by atoms with E-state index in [0.717, 1.165) is 39.2 Å². The summed E-state index contributed by atoms with van der Waals surface area (Å²) in [4.78, 5) is 14.7. The predicted molar refractivity (Wildman–Crippen MR) is 111 cm³/mol. The quantitative estimate of drug-likeness (QED) is 0.386. The van der Waals surface area contributed by atoms with Crippen molar-refractivity contribution in [1.29, 1.82) is 0 Å². The number of hydrogen-bond donors (Lipinski definition) is 1. The minimum atomic E-state index is 0.149. The van der Waals surface area contributed by atoms with E-state index in [9.17, 15) is 5.11 Å². The fraction of sp³-hybridized carbons (Fsp3) is 0.333. The summed E-state index contributed by atoms with van der Waals surface area (Å²) in [7, 11) is 0. The molecule has 0 fully saturated rings. The van der Waals surface area contributed by atoms with Crippen molar-refractivity contribution in [3.8, 4) is 0 Å². The molecule has 0 spiro atoms. The first-order chi connectivity index (χ1) is 14.1. The average Bonchev–Trinajstić information content (AvgIpc) is 3.26. The molecule has 0 radical (unpaired) electrons. The Labute approximate surface area is 168 Å². The predicted octanol–water partition coefficient (Wildman–Crippen LogP) is 3.02. The van der Waals surface area contributed by atoms with Crippen LogP contribution in [0.3, 0.4) is 0 Å². The van der Waals surface area contributed by atoms with Crippen molar-refractivity contribution in [2.45, 2.75) is 40.3 Å². The molecule has 0 aliphatic carbocycles. The van der Waals surface area contributed by atoms with E-state index in [1.54, 1.807) is 10.8 Å². The van der Waals surface area contributed by atoms with Gasteiger partial charge in [-0.15, -0.1) is 5.10 Å². The first-order valence-electron chi connectivity index (χ1n) is 9.62. The first kappa shape index (κ1) is 19.1. The number of aryl methyl sites for hydroxylation is 2. The molecule has 8 nitrogen and oxygen atoms in total. The van der Waals surface area contributed by atoms with Crippen LogP contribution in [0.15, 0.2) is 41.8 Å². The molecule has 0 amide bonds. The second-order valence-corrected chi connectivity index (χ2v) is 6.99. The molecule has 150 valence electrons. The summed E-state index contributed by atoms with van der Waals surface area (Å²) in [6.07, 6.45) is 2.35. The zero-order chi connectivity index (χ0) is 20.4. The van der Waals surface area contributed by atoms with Crippen LogP contribution in [-0.4, -0.2) is 41.6 Å². The summed E-state index contributed by atoms with van der Waals surface area (Å²) in [6, 6.07) is 9.87. The molecule has 0 aliphatic rings. The molecule has 0 saturated heterocycles. The van der Waals surface area contributed by atoms with E-state index >= 15 is 0 Å². The molecule has 0 saturated carbocycles. The van der Waals surface area contributed by atoms with Crippen LogP contribution in [0.4, 0.5) is 0 Å². The molecule has 4 rings (SSSR count). The van der Waals surface area contributed by atoms with Crippen molar-refractivity contribution in [3.05, 3.63) is 59.3 Å². The number of nitrogens with zero attached hydrogens (tertiary/aromatic N) is 6. The van der Waals surface area contributed by atoms with Crippen LogP contribution in [0.2, 0.25) is 0 Å². The SMILES string of the molecule is C/C(=N/OCc1nc2c3c(C)c(C)n(CCCO)c3ncn2n1)c1ccccc1. The van der Waals surface area contributed by atoms with Crippen LogP contribution in [0.5, 0.6) is 0 Å². The highest BCUT2D eigenvalue weighted by molar-refractivity contribution is 5.98. The van der Waals surface area contributed by atoms with E-state index in [1.165, 1.54) is 0 Å². The third-order valence-corrected chi connectivity index (χ3v) is 5.12. The van der Waals surface area contributed by atoms with E-state index in [4.69, 9.17) is 4.84 Å². The van der Waals surface area contributed by atoms with Crippen molar-refractivity contribution in [1.82, 2.24) is 24.1 Å². The van der Waals surface area contributed by atoms with E-state index in [-0.39, 0.29) is 13.2 Å². The van der Waals surface area contributed by atoms with Gasteiger partial charge in [-0.05, 0) is 38.3 Å². The second kappa shape index (κ2) is 8.00. The summed E-state index contributed by atoms with van der Waals surface area (Å²) >= 11 is 0. The topological polar surface area (TPSA) is 89.8 Å². The standard InChI is InChI=1S/C21H24N6O2/c1-14-16(3)26(10-7-11-28)20-19(14)21-23-18(24-27(21)13-22-20)12-29-25-15(2)17-8-5-4-6-9-17/h4-6,8-9,13,28H,7,10-12H2,1-3H3/b25-15-. The number of fused-ring (bicyclic) bond motifs is 3. The van der Waals surface area contributed by atoms with Crippen molar-refractivity contribution in [2.24, 2.45) is 5.16 Å². The van der Waals surface area contributed by atoms with Gasteiger partial charge in [-0.3, -0.25) is 0 Å². The molecule has 1 N–H and O–H groups in total. The van der Waals surface area contributed by atoms with Gasteiger partial charge >= 0.3 is 0 Å². The summed E-state index contributed by atoms with van der Waals surface area (Å²) in [5, 5.41) is 18.8. The maximum Gasteiger partial charge on any atom is 0.192 e. The lowest BCUT2D eigenvalue weighted by Gasteiger charge is -2.05. The largest absolute Gasteiger partial charge is 0.396 e. The molecule has 3 aromatic heterocycles. The molecule has 3 heterocycles. The third-order valence-electron chi connectivity index (χ3n) is 5.12. The Kier molecular flexibility index (Phi) is 5.26. The van der Waals surface area contributed by atoms with E-state index < -0.39 is 0 Å². The molecule has 0 atom stereocenters. The van der Waals surface area contributed by atoms with Crippen LogP contribution in [0.1, 0.15) is 36.0 Å². The minimum absolute atomic E-state index is 0.149. The fourth-order valence-electron chi connectivity index (χ4n) is 3.46. The van der Waals surface area contributed by atoms with Gasteiger partial charge in [-0.25, -0.2) is 14.5 Å². The van der Waals surface area contributed by atoms with Gasteiger partial charge in [0.05, 0.1) is 11.1 Å². The lowest BCUT2D eigenvalue weighted by molar-refractivity contribution is 0.125. The van der Waals surface area contributed by atoms with Gasteiger partial charge < -0.3 is 14.5 Å². The van der Waals surface area contributed by atoms with Gasteiger partial charge in [0.1, 0.15) is 12.0 Å². The normalized spacial score (nSPS) is 12.2. The number of benzene rings is 1. The monoisotopic (exact) mass is 392 g/mol. The Hall–Kier alpha value is -3.26. The summed E-state index contributed by atoms with van der Waals surface area (Å²) in [5.41, 5.74) is 5.66. The lowest BCUT2D eigenvalue weighted by atomic mass is 10.1. The van der Waals surface area contributed by atoms with E-state index in [0.29, 0.717) is 18.8 Å². The van der Waals surface area contributed by atoms with Crippen LogP contribution >= 0.6 is 0 Å². The highest BCUT2D eigenvalue weighted by Crippen LogP contribution is 2.27. The maximum atomic E-state index is 9.18. The zero-order valence-corrected chi connectivity index (χ0v) is 16.8. The van der Waals surface area contributed by atoms with Crippen molar-refractivity contribution in [3.63, 3.8) is 0 Å². The Morgan fingerprint density at radius 3 is 2.72 bits per heavy atom. The van der Waals surface area contributed by atoms with Crippen molar-refractivity contribution >= 4 is 22.4 Å². The lowest BCUT2D eigenvalue weighted by Crippen LogP contribution is -2.03. The Balaban J connectivity index is 1.62. The molecule has 0 bridgehead atoms. The average molecular weight is 392 g/mol. The molecule has 1 aromatic carbocycles. The summed E-state index contributed by atoms with van der Waals surface area (Å²) < 4.78 is 3.80. The van der Waals surface area contributed by atoms with E-state index in [2.05, 4.69) is 38.6 Å². The van der Waals surface area contributed by atoms with Crippen molar-refractivity contribution in [2.75, 3.05) is 6.61 Å². The molecular weight excluding hydrogens is 368 g/mol. The van der Waals surface area contributed by atoms with Gasteiger partial charge in [0.2, 0.25) is 0 Å². The molecule has 0 aliphatic heterocycles. The number of aliphatic hydroxyl groups excluding tert-OH is 1. The smallest absolute Gasteiger partial charge is 0.192 e. The van der Waals surface area contributed by atoms with Crippen LogP contribution in [-0.2, 0) is 18.0 Å². The number of rotatable bonds is 7. The maximum absolute atomic E-state index is 9.18. The van der Waals surface area contributed by atoms with E-state index in [1.807, 2.05) is 37.3 Å². The van der Waals surface area contributed by atoms with Crippen molar-refractivity contribution < 1.29 is 9.94 Å². The minimum Gasteiger partial charge on any atom is -0.396 e. The van der Waals surface area contributed by atoms with Gasteiger partial charge in [-0.2, -0.15) is 0 Å². The van der Waals surface area contributed by atoms with Gasteiger partial charge in [-0.1, -0.05) is 35.5 Å². The van der Waals surface area contributed by atoms with Crippen LogP contribution in [0, 0.1) is 13.8 Å². The molecule has 29 heavy (non-hydrogen) atoms. The second-order valence-electron chi connectivity index (χ2n) is 6.99. The number of aliphatic hydroxyl groups is 1. The summed E-state index contributed by atoms with van der Waals surface area (Å²) in [5.74, 6) is 0.545. The van der Waals surface area contributed by atoms with Crippen LogP contribution in [0.25, 0.3) is 16.7 Å². The van der Waals surface area contributed by atoms with Gasteiger partial charge in [0.15, 0.2) is 18.1 Å². The fourth-order valence-corrected chi connectivity index (χ4v) is 3.46. The number of oxime groups is 1. The Morgan fingerprint density at radius 2 is 1.97 bits per heavy atom. The van der Waals surface area contributed by atoms with Gasteiger partial charge in [0, 0.05) is 18.8 Å². The molecular formula is C21H24N6O2. The third kappa shape index (κ3) is 3.58. The zero-order valence-electron chi connectivity index (χ0n) is 16.8. The molecule has 0 unspecified atom stereocenters. The highest BCUT2D eigenvalue weighted by atomic mass is 16.6. The molecule has 8 heteroatoms. The van der Waals surface area contributed by atoms with Gasteiger partial charge in [0.25, 0.3) is 0 Å². The Morgan fingerprint density at radius 1 is 1.17 bits per heavy atom. The number of hydrogen-bond acceptors (Lipinski definition) is 6. The molecule has 4 aromatic rings.